The number of phenolic OH excluding ortho intramolecular Hbond substituents is 1. The van der Waals surface area contributed by atoms with E-state index >= 15 is 0 Å². The molecule has 21 heavy (non-hydrogen) atoms. The smallest absolute Gasteiger partial charge is 0.258 e. The van der Waals surface area contributed by atoms with Gasteiger partial charge < -0.3 is 15.5 Å². The number of carbonyl (C=O) groups is 1. The van der Waals surface area contributed by atoms with E-state index in [0.29, 0.717) is 18.8 Å². The highest BCUT2D eigenvalue weighted by atomic mass is 19.1. The number of hydrogen-bond acceptors (Lipinski definition) is 3. The second-order valence-electron chi connectivity index (χ2n) is 5.89. The van der Waals surface area contributed by atoms with Gasteiger partial charge in [-0.25, -0.2) is 4.39 Å². The van der Waals surface area contributed by atoms with Gasteiger partial charge in [-0.1, -0.05) is 19.4 Å². The fourth-order valence-corrected chi connectivity index (χ4v) is 2.87. The molecule has 1 aliphatic rings. The van der Waals surface area contributed by atoms with Crippen molar-refractivity contribution < 1.29 is 19.4 Å². The standard InChI is InChI=1S/C16H22FNO3/c1-2-11-6-8-16(21,9-7-11)10-18-15(20)14-12(17)4-3-5-13(14)19/h3-5,11,19,21H,2,6-10H2,1H3,(H,18,20). The van der Waals surface area contributed by atoms with E-state index in [1.165, 1.54) is 12.1 Å². The van der Waals surface area contributed by atoms with Crippen LogP contribution in [0, 0.1) is 11.7 Å². The first-order chi connectivity index (χ1) is 9.95. The minimum Gasteiger partial charge on any atom is -0.507 e. The minimum atomic E-state index is -0.928. The van der Waals surface area contributed by atoms with Gasteiger partial charge >= 0.3 is 0 Å². The van der Waals surface area contributed by atoms with Crippen LogP contribution in [0.5, 0.6) is 5.75 Å². The Morgan fingerprint density at radius 1 is 1.43 bits per heavy atom. The van der Waals surface area contributed by atoms with Crippen LogP contribution in [0.1, 0.15) is 49.4 Å². The molecule has 0 atom stereocenters. The lowest BCUT2D eigenvalue weighted by molar-refractivity contribution is -0.00792. The van der Waals surface area contributed by atoms with Gasteiger partial charge in [0.15, 0.2) is 0 Å². The molecule has 1 amide bonds. The number of nitrogens with one attached hydrogen (secondary N) is 1. The predicted octanol–water partition coefficient (Wildman–Crippen LogP) is 2.59. The minimum absolute atomic E-state index is 0.0794. The predicted molar refractivity (Wildman–Crippen MR) is 77.6 cm³/mol. The van der Waals surface area contributed by atoms with Crippen LogP contribution in [0.25, 0.3) is 0 Å². The van der Waals surface area contributed by atoms with E-state index in [4.69, 9.17) is 0 Å². The zero-order valence-electron chi connectivity index (χ0n) is 12.2. The van der Waals surface area contributed by atoms with Gasteiger partial charge in [0.2, 0.25) is 0 Å². The third kappa shape index (κ3) is 3.73. The molecular weight excluding hydrogens is 273 g/mol. The lowest BCUT2D eigenvalue weighted by Crippen LogP contribution is -2.45. The highest BCUT2D eigenvalue weighted by Gasteiger charge is 2.33. The number of benzene rings is 1. The normalized spacial score (nSPS) is 25.6. The first-order valence-corrected chi connectivity index (χ1v) is 7.43. The Labute approximate surface area is 124 Å². The van der Waals surface area contributed by atoms with Gasteiger partial charge in [0.25, 0.3) is 5.91 Å². The van der Waals surface area contributed by atoms with Crippen LogP contribution in [0.15, 0.2) is 18.2 Å². The molecule has 1 aromatic rings. The maximum atomic E-state index is 13.6. The molecule has 0 aliphatic heterocycles. The summed E-state index contributed by atoms with van der Waals surface area (Å²) < 4.78 is 13.6. The molecule has 0 bridgehead atoms. The summed E-state index contributed by atoms with van der Waals surface area (Å²) in [5, 5.41) is 22.5. The molecule has 5 heteroatoms. The maximum absolute atomic E-state index is 13.6. The average molecular weight is 295 g/mol. The molecule has 0 radical (unpaired) electrons. The van der Waals surface area contributed by atoms with Crippen molar-refractivity contribution in [2.75, 3.05) is 6.54 Å². The van der Waals surface area contributed by atoms with Crippen LogP contribution in [0.4, 0.5) is 4.39 Å². The van der Waals surface area contributed by atoms with E-state index in [9.17, 15) is 19.4 Å². The molecule has 0 aromatic heterocycles. The molecule has 0 unspecified atom stereocenters. The zero-order chi connectivity index (χ0) is 15.5. The Bertz CT molecular complexity index is 490. The van der Waals surface area contributed by atoms with Gasteiger partial charge in [0.1, 0.15) is 17.1 Å². The number of aromatic hydroxyl groups is 1. The van der Waals surface area contributed by atoms with Gasteiger partial charge in [-0.3, -0.25) is 4.79 Å². The van der Waals surface area contributed by atoms with E-state index in [2.05, 4.69) is 12.2 Å². The van der Waals surface area contributed by atoms with E-state index in [0.717, 1.165) is 25.3 Å². The summed E-state index contributed by atoms with van der Waals surface area (Å²) >= 11 is 0. The molecule has 4 nitrogen and oxygen atoms in total. The van der Waals surface area contributed by atoms with Crippen LogP contribution in [0.2, 0.25) is 0 Å². The van der Waals surface area contributed by atoms with Crippen molar-refractivity contribution in [3.05, 3.63) is 29.6 Å². The molecule has 116 valence electrons. The highest BCUT2D eigenvalue weighted by molar-refractivity contribution is 5.97. The third-order valence-electron chi connectivity index (χ3n) is 4.41. The molecule has 0 saturated heterocycles. The summed E-state index contributed by atoms with van der Waals surface area (Å²) in [6.45, 7) is 2.22. The summed E-state index contributed by atoms with van der Waals surface area (Å²) in [6, 6.07) is 3.72. The Hall–Kier alpha value is -1.62. The first-order valence-electron chi connectivity index (χ1n) is 7.43. The zero-order valence-corrected chi connectivity index (χ0v) is 12.2. The summed E-state index contributed by atoms with van der Waals surface area (Å²) in [5.41, 5.74) is -1.30. The number of rotatable bonds is 4. The molecule has 1 aromatic carbocycles. The van der Waals surface area contributed by atoms with E-state index in [1.807, 2.05) is 0 Å². The van der Waals surface area contributed by atoms with Crippen LogP contribution in [0.3, 0.4) is 0 Å². The second-order valence-corrected chi connectivity index (χ2v) is 5.89. The molecular formula is C16H22FNO3. The van der Waals surface area contributed by atoms with Gasteiger partial charge in [-0.2, -0.15) is 0 Å². The fraction of sp³-hybridized carbons (Fsp3) is 0.562. The molecule has 3 N–H and O–H groups in total. The number of carbonyl (C=O) groups excluding carboxylic acids is 1. The van der Waals surface area contributed by atoms with Crippen molar-refractivity contribution >= 4 is 5.91 Å². The van der Waals surface area contributed by atoms with E-state index in [-0.39, 0.29) is 12.1 Å². The molecule has 0 spiro atoms. The van der Waals surface area contributed by atoms with E-state index in [1.54, 1.807) is 0 Å². The maximum Gasteiger partial charge on any atom is 0.258 e. The van der Waals surface area contributed by atoms with Crippen molar-refractivity contribution in [3.63, 3.8) is 0 Å². The van der Waals surface area contributed by atoms with Crippen LogP contribution >= 0.6 is 0 Å². The SMILES string of the molecule is CCC1CCC(O)(CNC(=O)c2c(O)cccc2F)CC1. The lowest BCUT2D eigenvalue weighted by Gasteiger charge is -2.35. The number of halogens is 1. The fourth-order valence-electron chi connectivity index (χ4n) is 2.87. The van der Waals surface area contributed by atoms with Gasteiger partial charge in [0, 0.05) is 6.54 Å². The molecule has 1 fully saturated rings. The number of amides is 1. The monoisotopic (exact) mass is 295 g/mol. The van der Waals surface area contributed by atoms with Crippen molar-refractivity contribution in [3.8, 4) is 5.75 Å². The van der Waals surface area contributed by atoms with Crippen LogP contribution in [-0.4, -0.2) is 28.3 Å². The number of aliphatic hydroxyl groups is 1. The van der Waals surface area contributed by atoms with Crippen molar-refractivity contribution in [2.24, 2.45) is 5.92 Å². The van der Waals surface area contributed by atoms with E-state index < -0.39 is 23.1 Å². The summed E-state index contributed by atoms with van der Waals surface area (Å²) in [5.74, 6) is -1.23. The highest BCUT2D eigenvalue weighted by Crippen LogP contribution is 2.33. The Morgan fingerprint density at radius 2 is 2.10 bits per heavy atom. The lowest BCUT2D eigenvalue weighted by atomic mass is 9.78. The Morgan fingerprint density at radius 3 is 2.67 bits per heavy atom. The summed E-state index contributed by atoms with van der Waals surface area (Å²) in [4.78, 5) is 12.0. The quantitative estimate of drug-likeness (QED) is 0.799. The molecule has 0 heterocycles. The largest absolute Gasteiger partial charge is 0.507 e. The van der Waals surface area contributed by atoms with Gasteiger partial charge in [0.05, 0.1) is 5.60 Å². The number of phenols is 1. The summed E-state index contributed by atoms with van der Waals surface area (Å²) in [6.07, 6.45) is 4.25. The van der Waals surface area contributed by atoms with Crippen molar-refractivity contribution in [1.82, 2.24) is 5.32 Å². The van der Waals surface area contributed by atoms with Crippen LogP contribution < -0.4 is 5.32 Å². The van der Waals surface area contributed by atoms with Crippen LogP contribution in [-0.2, 0) is 0 Å². The van der Waals surface area contributed by atoms with Gasteiger partial charge in [-0.05, 0) is 43.7 Å². The Balaban J connectivity index is 1.95. The third-order valence-corrected chi connectivity index (χ3v) is 4.41. The number of hydrogen-bond donors (Lipinski definition) is 3. The molecule has 2 rings (SSSR count). The topological polar surface area (TPSA) is 69.6 Å². The van der Waals surface area contributed by atoms with Crippen molar-refractivity contribution in [2.45, 2.75) is 44.6 Å². The first kappa shape index (κ1) is 15.8. The summed E-state index contributed by atoms with van der Waals surface area (Å²) in [7, 11) is 0. The van der Waals surface area contributed by atoms with Crippen molar-refractivity contribution in [1.29, 1.82) is 0 Å². The average Bonchev–Trinajstić information content (AvgIpc) is 2.46. The molecule has 1 saturated carbocycles. The second kappa shape index (κ2) is 6.43. The Kier molecular flexibility index (Phi) is 4.83. The van der Waals surface area contributed by atoms with Gasteiger partial charge in [-0.15, -0.1) is 0 Å². The molecule has 1 aliphatic carbocycles.